The highest BCUT2D eigenvalue weighted by atomic mass is 16.5. The van der Waals surface area contributed by atoms with Gasteiger partial charge in [0.1, 0.15) is 0 Å². The second kappa shape index (κ2) is 14.4. The monoisotopic (exact) mass is 380 g/mol. The normalized spacial score (nSPS) is 12.4. The molecule has 0 N–H and O–H groups in total. The van der Waals surface area contributed by atoms with E-state index in [1.54, 1.807) is 0 Å². The van der Waals surface area contributed by atoms with E-state index in [0.717, 1.165) is 71.4 Å². The number of allylic oxidation sites excluding steroid dienone is 2. The predicted octanol–water partition coefficient (Wildman–Crippen LogP) is 7.74. The number of rotatable bonds is 16. The molecule has 0 amide bonds. The summed E-state index contributed by atoms with van der Waals surface area (Å²) in [6.45, 7) is 25.3. The third-order valence-corrected chi connectivity index (χ3v) is 4.96. The molecule has 0 fully saturated rings. The Morgan fingerprint density at radius 1 is 0.630 bits per heavy atom. The van der Waals surface area contributed by atoms with Crippen molar-refractivity contribution in [2.75, 3.05) is 26.4 Å². The second-order valence-corrected chi connectivity index (χ2v) is 10.2. The lowest BCUT2D eigenvalue weighted by molar-refractivity contribution is 0.106. The van der Waals surface area contributed by atoms with Gasteiger partial charge in [-0.2, -0.15) is 0 Å². The molecular formula is C25H48O2. The van der Waals surface area contributed by atoms with Crippen molar-refractivity contribution >= 4 is 0 Å². The van der Waals surface area contributed by atoms with Gasteiger partial charge < -0.3 is 9.47 Å². The van der Waals surface area contributed by atoms with E-state index in [1.165, 1.54) is 24.0 Å². The average molecular weight is 381 g/mol. The maximum Gasteiger partial charge on any atom is 0.0471 e. The maximum absolute atomic E-state index is 5.75. The van der Waals surface area contributed by atoms with Gasteiger partial charge in [0.05, 0.1) is 0 Å². The summed E-state index contributed by atoms with van der Waals surface area (Å²) in [4.78, 5) is 0. The average Bonchev–Trinajstić information content (AvgIpc) is 2.54. The molecule has 0 unspecified atom stereocenters. The summed E-state index contributed by atoms with van der Waals surface area (Å²) in [5, 5.41) is 0. The van der Waals surface area contributed by atoms with Gasteiger partial charge in [0.2, 0.25) is 0 Å². The first-order valence-corrected chi connectivity index (χ1v) is 11.0. The van der Waals surface area contributed by atoms with Crippen molar-refractivity contribution < 1.29 is 9.47 Å². The molecule has 0 spiro atoms. The quantitative estimate of drug-likeness (QED) is 0.201. The molecule has 0 bridgehead atoms. The molecule has 0 aliphatic rings. The van der Waals surface area contributed by atoms with E-state index in [1.807, 2.05) is 0 Å². The van der Waals surface area contributed by atoms with Crippen LogP contribution in [0, 0.1) is 10.8 Å². The van der Waals surface area contributed by atoms with Crippen molar-refractivity contribution in [3.63, 3.8) is 0 Å². The third-order valence-electron chi connectivity index (χ3n) is 4.96. The molecule has 27 heavy (non-hydrogen) atoms. The Bertz CT molecular complexity index is 396. The molecule has 0 aliphatic heterocycles. The maximum atomic E-state index is 5.75. The zero-order chi connectivity index (χ0) is 20.8. The fourth-order valence-electron chi connectivity index (χ4n) is 2.65. The minimum Gasteiger partial charge on any atom is -0.381 e. The standard InChI is InChI=1S/C25H48O2/c1-22(15-12-19-27-21-17-24(3,4)5)14-10-9-11-18-26-20-13-16-23(2)25(6,7)8/h1-2,9-21H2,3-8H3. The third kappa shape index (κ3) is 18.5. The Balaban J connectivity index is 3.36. The van der Waals surface area contributed by atoms with Crippen molar-refractivity contribution in [1.29, 1.82) is 0 Å². The van der Waals surface area contributed by atoms with Crippen LogP contribution < -0.4 is 0 Å². The fourth-order valence-corrected chi connectivity index (χ4v) is 2.65. The van der Waals surface area contributed by atoms with E-state index < -0.39 is 0 Å². The first kappa shape index (κ1) is 26.4. The lowest BCUT2D eigenvalue weighted by atomic mass is 9.85. The van der Waals surface area contributed by atoms with Gasteiger partial charge in [0.25, 0.3) is 0 Å². The molecular weight excluding hydrogens is 332 g/mol. The van der Waals surface area contributed by atoms with Crippen LogP contribution in [0.2, 0.25) is 0 Å². The zero-order valence-electron chi connectivity index (χ0n) is 19.4. The van der Waals surface area contributed by atoms with Crippen LogP contribution in [0.1, 0.15) is 99.3 Å². The molecule has 2 heteroatoms. The predicted molar refractivity (Wildman–Crippen MR) is 120 cm³/mol. The molecule has 0 aliphatic carbocycles. The highest BCUT2D eigenvalue weighted by Gasteiger charge is 2.13. The smallest absolute Gasteiger partial charge is 0.0471 e. The Hall–Kier alpha value is -0.600. The van der Waals surface area contributed by atoms with Crippen molar-refractivity contribution in [3.05, 3.63) is 24.3 Å². The number of unbranched alkanes of at least 4 members (excludes halogenated alkanes) is 2. The van der Waals surface area contributed by atoms with Crippen molar-refractivity contribution in [1.82, 2.24) is 0 Å². The Labute approximate surface area is 170 Å². The highest BCUT2D eigenvalue weighted by Crippen LogP contribution is 2.26. The molecule has 160 valence electrons. The van der Waals surface area contributed by atoms with Gasteiger partial charge in [-0.05, 0) is 62.2 Å². The van der Waals surface area contributed by atoms with Crippen molar-refractivity contribution in [2.45, 2.75) is 99.3 Å². The van der Waals surface area contributed by atoms with Crippen LogP contribution in [0.25, 0.3) is 0 Å². The Morgan fingerprint density at radius 2 is 1.15 bits per heavy atom. The van der Waals surface area contributed by atoms with E-state index in [9.17, 15) is 0 Å². The SMILES string of the molecule is C=C(CCCCCOCCCC(=C)C(C)(C)C)CCCOCCC(C)(C)C. The van der Waals surface area contributed by atoms with Gasteiger partial charge in [-0.15, -0.1) is 0 Å². The van der Waals surface area contributed by atoms with Crippen molar-refractivity contribution in [2.24, 2.45) is 10.8 Å². The molecule has 0 aromatic heterocycles. The van der Waals surface area contributed by atoms with Crippen LogP contribution in [0.3, 0.4) is 0 Å². The molecule has 0 radical (unpaired) electrons. The van der Waals surface area contributed by atoms with E-state index in [0.29, 0.717) is 5.41 Å². The molecule has 2 nitrogen and oxygen atoms in total. The summed E-state index contributed by atoms with van der Waals surface area (Å²) in [7, 11) is 0. The minimum absolute atomic E-state index is 0.223. The van der Waals surface area contributed by atoms with Crippen LogP contribution in [0.15, 0.2) is 24.3 Å². The fraction of sp³-hybridized carbons (Fsp3) is 0.840. The summed E-state index contributed by atoms with van der Waals surface area (Å²) >= 11 is 0. The van der Waals surface area contributed by atoms with Gasteiger partial charge in [0, 0.05) is 26.4 Å². The molecule has 0 saturated heterocycles. The summed E-state index contributed by atoms with van der Waals surface area (Å²) < 4.78 is 11.5. The Morgan fingerprint density at radius 3 is 1.74 bits per heavy atom. The first-order chi connectivity index (χ1) is 12.5. The summed E-state index contributed by atoms with van der Waals surface area (Å²) in [5.41, 5.74) is 3.29. The zero-order valence-corrected chi connectivity index (χ0v) is 19.4. The molecule has 0 atom stereocenters. The van der Waals surface area contributed by atoms with Crippen LogP contribution in [0.5, 0.6) is 0 Å². The molecule has 0 aromatic carbocycles. The van der Waals surface area contributed by atoms with Crippen LogP contribution in [-0.2, 0) is 9.47 Å². The molecule has 0 aromatic rings. The lowest BCUT2D eigenvalue weighted by Crippen LogP contribution is -2.10. The van der Waals surface area contributed by atoms with E-state index >= 15 is 0 Å². The highest BCUT2D eigenvalue weighted by molar-refractivity contribution is 5.04. The lowest BCUT2D eigenvalue weighted by Gasteiger charge is -2.21. The minimum atomic E-state index is 0.223. The molecule has 0 rings (SSSR count). The van der Waals surface area contributed by atoms with E-state index in [-0.39, 0.29) is 5.41 Å². The summed E-state index contributed by atoms with van der Waals surface area (Å²) in [6, 6.07) is 0. The van der Waals surface area contributed by atoms with Gasteiger partial charge in [-0.1, -0.05) is 72.3 Å². The van der Waals surface area contributed by atoms with Gasteiger partial charge in [-0.25, -0.2) is 0 Å². The van der Waals surface area contributed by atoms with E-state index in [2.05, 4.69) is 54.7 Å². The van der Waals surface area contributed by atoms with Gasteiger partial charge >= 0.3 is 0 Å². The topological polar surface area (TPSA) is 18.5 Å². The summed E-state index contributed by atoms with van der Waals surface area (Å²) in [6.07, 6.45) is 10.3. The summed E-state index contributed by atoms with van der Waals surface area (Å²) in [5.74, 6) is 0. The number of hydrogen-bond acceptors (Lipinski definition) is 2. The van der Waals surface area contributed by atoms with E-state index in [4.69, 9.17) is 9.47 Å². The van der Waals surface area contributed by atoms with Gasteiger partial charge in [0.15, 0.2) is 0 Å². The second-order valence-electron chi connectivity index (χ2n) is 10.2. The largest absolute Gasteiger partial charge is 0.381 e. The van der Waals surface area contributed by atoms with Crippen LogP contribution in [0.4, 0.5) is 0 Å². The van der Waals surface area contributed by atoms with Gasteiger partial charge in [-0.3, -0.25) is 0 Å². The number of ether oxygens (including phenoxy) is 2. The molecule has 0 heterocycles. The Kier molecular flexibility index (Phi) is 14.1. The first-order valence-electron chi connectivity index (χ1n) is 11.0. The molecule has 0 saturated carbocycles. The van der Waals surface area contributed by atoms with Crippen LogP contribution in [-0.4, -0.2) is 26.4 Å². The van der Waals surface area contributed by atoms with Crippen molar-refractivity contribution in [3.8, 4) is 0 Å². The number of hydrogen-bond donors (Lipinski definition) is 0. The van der Waals surface area contributed by atoms with Crippen LogP contribution >= 0.6 is 0 Å².